The number of carboxylic acid groups (broad SMARTS) is 1. The summed E-state index contributed by atoms with van der Waals surface area (Å²) in [6, 6.07) is 7.33. The lowest BCUT2D eigenvalue weighted by Crippen LogP contribution is -2.40. The van der Waals surface area contributed by atoms with Crippen molar-refractivity contribution >= 4 is 23.5 Å². The molecular formula is C18H20ClN3O3. The monoisotopic (exact) mass is 361 g/mol. The van der Waals surface area contributed by atoms with Gasteiger partial charge in [-0.05, 0) is 37.5 Å². The van der Waals surface area contributed by atoms with Crippen LogP contribution in [0.3, 0.4) is 0 Å². The quantitative estimate of drug-likeness (QED) is 0.908. The fraction of sp³-hybridized carbons (Fsp3) is 0.389. The fourth-order valence-corrected chi connectivity index (χ4v) is 3.41. The first kappa shape index (κ1) is 17.5. The number of carbonyl (C=O) groups is 2. The molecule has 0 bridgehead atoms. The summed E-state index contributed by atoms with van der Waals surface area (Å²) in [6.45, 7) is 2.90. The van der Waals surface area contributed by atoms with Crippen molar-refractivity contribution in [2.45, 2.75) is 26.2 Å². The molecule has 132 valence electrons. The van der Waals surface area contributed by atoms with Crippen LogP contribution in [0.1, 0.15) is 35.8 Å². The molecule has 1 aromatic carbocycles. The minimum atomic E-state index is -0.782. The highest BCUT2D eigenvalue weighted by Crippen LogP contribution is 2.23. The van der Waals surface area contributed by atoms with E-state index in [4.69, 9.17) is 16.7 Å². The second-order valence-corrected chi connectivity index (χ2v) is 6.59. The van der Waals surface area contributed by atoms with Crippen LogP contribution in [0.15, 0.2) is 30.5 Å². The van der Waals surface area contributed by atoms with E-state index >= 15 is 0 Å². The summed E-state index contributed by atoms with van der Waals surface area (Å²) in [5.74, 6) is -1.23. The normalized spacial score (nSPS) is 15.4. The molecule has 0 unspecified atom stereocenters. The van der Waals surface area contributed by atoms with E-state index in [1.807, 2.05) is 19.1 Å². The molecule has 2 heterocycles. The fourth-order valence-electron chi connectivity index (χ4n) is 3.22. The highest BCUT2D eigenvalue weighted by molar-refractivity contribution is 6.30. The van der Waals surface area contributed by atoms with Crippen LogP contribution in [0, 0.1) is 5.92 Å². The summed E-state index contributed by atoms with van der Waals surface area (Å²) in [5, 5.41) is 14.1. The molecule has 2 aromatic rings. The summed E-state index contributed by atoms with van der Waals surface area (Å²) in [4.78, 5) is 25.6. The van der Waals surface area contributed by atoms with Crippen LogP contribution >= 0.6 is 11.6 Å². The van der Waals surface area contributed by atoms with Crippen LogP contribution in [-0.4, -0.2) is 44.8 Å². The first-order valence-corrected chi connectivity index (χ1v) is 8.74. The number of benzene rings is 1. The zero-order valence-electron chi connectivity index (χ0n) is 14.0. The number of piperidine rings is 1. The molecule has 1 amide bonds. The van der Waals surface area contributed by atoms with Crippen molar-refractivity contribution in [3.05, 3.63) is 46.7 Å². The van der Waals surface area contributed by atoms with Gasteiger partial charge in [-0.1, -0.05) is 24.6 Å². The van der Waals surface area contributed by atoms with Gasteiger partial charge in [0.2, 0.25) is 0 Å². The predicted molar refractivity (Wildman–Crippen MR) is 94.2 cm³/mol. The molecule has 0 saturated carbocycles. The van der Waals surface area contributed by atoms with Crippen molar-refractivity contribution in [1.82, 2.24) is 14.7 Å². The third-order valence-corrected chi connectivity index (χ3v) is 4.85. The number of nitrogens with zero attached hydrogens (tertiary/aromatic N) is 3. The standard InChI is InChI=1S/C18H20ClN3O3/c1-2-16-15(11-20-22(16)14-5-3-4-13(19)10-14)17(23)21-8-6-12(7-9-21)18(24)25/h3-5,10-12H,2,6-9H2,1H3,(H,24,25). The van der Waals surface area contributed by atoms with E-state index in [0.29, 0.717) is 42.9 Å². The van der Waals surface area contributed by atoms with Crippen molar-refractivity contribution in [2.75, 3.05) is 13.1 Å². The number of aromatic nitrogens is 2. The number of rotatable bonds is 4. The number of aliphatic carboxylic acids is 1. The van der Waals surface area contributed by atoms with Crippen LogP contribution in [0.2, 0.25) is 5.02 Å². The van der Waals surface area contributed by atoms with Crippen molar-refractivity contribution in [3.63, 3.8) is 0 Å². The van der Waals surface area contributed by atoms with E-state index in [9.17, 15) is 9.59 Å². The third kappa shape index (κ3) is 3.54. The van der Waals surface area contributed by atoms with Crippen LogP contribution in [0.5, 0.6) is 0 Å². The van der Waals surface area contributed by atoms with E-state index in [1.54, 1.807) is 27.9 Å². The molecule has 0 radical (unpaired) electrons. The maximum absolute atomic E-state index is 12.9. The number of carboxylic acids is 1. The Hall–Kier alpha value is -2.34. The Labute approximate surface area is 151 Å². The lowest BCUT2D eigenvalue weighted by atomic mass is 9.96. The van der Waals surface area contributed by atoms with Gasteiger partial charge in [0.15, 0.2) is 0 Å². The van der Waals surface area contributed by atoms with Crippen LogP contribution < -0.4 is 0 Å². The molecule has 25 heavy (non-hydrogen) atoms. The second-order valence-electron chi connectivity index (χ2n) is 6.15. The topological polar surface area (TPSA) is 75.4 Å². The molecule has 1 N–H and O–H groups in total. The van der Waals surface area contributed by atoms with Gasteiger partial charge >= 0.3 is 5.97 Å². The first-order valence-electron chi connectivity index (χ1n) is 8.36. The molecule has 1 saturated heterocycles. The average Bonchev–Trinajstić information content (AvgIpc) is 3.05. The van der Waals surface area contributed by atoms with Crippen molar-refractivity contribution < 1.29 is 14.7 Å². The molecule has 7 heteroatoms. The Morgan fingerprint density at radius 2 is 2.04 bits per heavy atom. The average molecular weight is 362 g/mol. The Bertz CT molecular complexity index is 795. The van der Waals surface area contributed by atoms with Crippen LogP contribution in [-0.2, 0) is 11.2 Å². The van der Waals surface area contributed by atoms with Crippen LogP contribution in [0.25, 0.3) is 5.69 Å². The van der Waals surface area contributed by atoms with Crippen LogP contribution in [0.4, 0.5) is 0 Å². The van der Waals surface area contributed by atoms with E-state index in [2.05, 4.69) is 5.10 Å². The first-order chi connectivity index (χ1) is 12.0. The maximum atomic E-state index is 12.9. The van der Waals surface area contributed by atoms with Gasteiger partial charge in [0.05, 0.1) is 29.1 Å². The van der Waals surface area contributed by atoms with Gasteiger partial charge in [0.25, 0.3) is 5.91 Å². The lowest BCUT2D eigenvalue weighted by Gasteiger charge is -2.30. The third-order valence-electron chi connectivity index (χ3n) is 4.62. The molecular weight excluding hydrogens is 342 g/mol. The lowest BCUT2D eigenvalue weighted by molar-refractivity contribution is -0.143. The Morgan fingerprint density at radius 1 is 1.32 bits per heavy atom. The second kappa shape index (κ2) is 7.27. The van der Waals surface area contributed by atoms with Crippen molar-refractivity contribution in [3.8, 4) is 5.69 Å². The molecule has 0 atom stereocenters. The molecule has 1 aliphatic rings. The van der Waals surface area contributed by atoms with Gasteiger partial charge in [-0.25, -0.2) is 4.68 Å². The molecule has 0 spiro atoms. The van der Waals surface area contributed by atoms with Crippen molar-refractivity contribution in [1.29, 1.82) is 0 Å². The maximum Gasteiger partial charge on any atom is 0.306 e. The number of hydrogen-bond acceptors (Lipinski definition) is 3. The SMILES string of the molecule is CCc1c(C(=O)N2CCC(C(=O)O)CC2)cnn1-c1cccc(Cl)c1. The van der Waals surface area contributed by atoms with Crippen molar-refractivity contribution in [2.24, 2.45) is 5.92 Å². The van der Waals surface area contributed by atoms with Gasteiger partial charge in [-0.3, -0.25) is 9.59 Å². The highest BCUT2D eigenvalue weighted by Gasteiger charge is 2.29. The zero-order valence-corrected chi connectivity index (χ0v) is 14.7. The van der Waals surface area contributed by atoms with Gasteiger partial charge in [0.1, 0.15) is 0 Å². The summed E-state index contributed by atoms with van der Waals surface area (Å²) in [5.41, 5.74) is 2.21. The number of carbonyl (C=O) groups excluding carboxylic acids is 1. The van der Waals surface area contributed by atoms with E-state index in [0.717, 1.165) is 11.4 Å². The molecule has 6 nitrogen and oxygen atoms in total. The molecule has 0 aliphatic carbocycles. The minimum Gasteiger partial charge on any atom is -0.481 e. The Kier molecular flexibility index (Phi) is 5.08. The van der Waals surface area contributed by atoms with Gasteiger partial charge in [-0.15, -0.1) is 0 Å². The molecule has 1 fully saturated rings. The number of hydrogen-bond donors (Lipinski definition) is 1. The van der Waals surface area contributed by atoms with Gasteiger partial charge in [-0.2, -0.15) is 5.10 Å². The summed E-state index contributed by atoms with van der Waals surface area (Å²) in [7, 11) is 0. The Morgan fingerprint density at radius 3 is 2.64 bits per heavy atom. The summed E-state index contributed by atoms with van der Waals surface area (Å²) < 4.78 is 1.74. The highest BCUT2D eigenvalue weighted by atomic mass is 35.5. The largest absolute Gasteiger partial charge is 0.481 e. The minimum absolute atomic E-state index is 0.0889. The smallest absolute Gasteiger partial charge is 0.306 e. The van der Waals surface area contributed by atoms with Gasteiger partial charge < -0.3 is 10.0 Å². The number of likely N-dealkylation sites (tertiary alicyclic amines) is 1. The molecule has 1 aromatic heterocycles. The molecule has 3 rings (SSSR count). The summed E-state index contributed by atoms with van der Waals surface area (Å²) in [6.07, 6.45) is 3.22. The molecule has 1 aliphatic heterocycles. The number of halogens is 1. The number of amides is 1. The van der Waals surface area contributed by atoms with E-state index < -0.39 is 5.97 Å². The van der Waals surface area contributed by atoms with E-state index in [-0.39, 0.29) is 11.8 Å². The van der Waals surface area contributed by atoms with E-state index in [1.165, 1.54) is 0 Å². The Balaban J connectivity index is 1.83. The zero-order chi connectivity index (χ0) is 18.0. The van der Waals surface area contributed by atoms with Gasteiger partial charge in [0, 0.05) is 18.1 Å². The predicted octanol–water partition coefficient (Wildman–Crippen LogP) is 3.02. The summed E-state index contributed by atoms with van der Waals surface area (Å²) >= 11 is 6.06.